The number of nitrogens with zero attached hydrogens (tertiary/aromatic N) is 5. The van der Waals surface area contributed by atoms with Gasteiger partial charge in [0.05, 0.1) is 21.7 Å². The maximum atomic E-state index is 10.8. The molecule has 1 aliphatic rings. The molecular formula is C20H20ClN5O3. The highest BCUT2D eigenvalue weighted by Crippen LogP contribution is 2.29. The Morgan fingerprint density at radius 1 is 1.07 bits per heavy atom. The van der Waals surface area contributed by atoms with Crippen LogP contribution in [-0.2, 0) is 0 Å². The average molecular weight is 414 g/mol. The molecule has 2 aromatic carbocycles. The number of para-hydroxylation sites is 1. The van der Waals surface area contributed by atoms with E-state index in [2.05, 4.69) is 20.0 Å². The van der Waals surface area contributed by atoms with Crippen LogP contribution in [0.4, 0.5) is 11.4 Å². The second kappa shape index (κ2) is 8.18. The number of rotatable bonds is 5. The van der Waals surface area contributed by atoms with Crippen LogP contribution in [0.5, 0.6) is 0 Å². The smallest absolute Gasteiger partial charge is 0.269 e. The summed E-state index contributed by atoms with van der Waals surface area (Å²) < 4.78 is 5.85. The molecule has 1 aromatic heterocycles. The van der Waals surface area contributed by atoms with Gasteiger partial charge in [-0.05, 0) is 31.2 Å². The van der Waals surface area contributed by atoms with Crippen molar-refractivity contribution < 1.29 is 9.34 Å². The molecule has 8 nitrogen and oxygen atoms in total. The van der Waals surface area contributed by atoms with Crippen LogP contribution in [0.3, 0.4) is 0 Å². The number of hydrogen-bond donors (Lipinski definition) is 0. The van der Waals surface area contributed by atoms with E-state index in [1.54, 1.807) is 12.1 Å². The Bertz CT molecular complexity index is 999. The van der Waals surface area contributed by atoms with E-state index in [0.717, 1.165) is 36.9 Å². The number of non-ortho nitro benzene ring substituents is 1. The largest absolute Gasteiger partial charge is 0.419 e. The summed E-state index contributed by atoms with van der Waals surface area (Å²) in [7, 11) is 0. The number of anilines is 1. The zero-order chi connectivity index (χ0) is 20.4. The molecule has 0 radical (unpaired) electrons. The highest BCUT2D eigenvalue weighted by molar-refractivity contribution is 6.33. The minimum Gasteiger partial charge on any atom is -0.419 e. The molecule has 1 atom stereocenters. The molecule has 0 bridgehead atoms. The molecule has 0 aliphatic carbocycles. The van der Waals surface area contributed by atoms with Crippen LogP contribution in [0, 0.1) is 10.1 Å². The summed E-state index contributed by atoms with van der Waals surface area (Å²) in [6.07, 6.45) is 0. The lowest BCUT2D eigenvalue weighted by atomic mass is 10.2. The van der Waals surface area contributed by atoms with Crippen molar-refractivity contribution in [3.05, 3.63) is 69.6 Å². The SMILES string of the molecule is C[C@@H](c1nnc(-c2ccc([N+](=O)[O-])cc2)o1)N1CCN(c2ccccc2Cl)CC1. The van der Waals surface area contributed by atoms with Gasteiger partial charge in [-0.2, -0.15) is 0 Å². The Labute approximate surface area is 172 Å². The Morgan fingerprint density at radius 2 is 1.76 bits per heavy atom. The molecule has 0 saturated carbocycles. The number of nitro groups is 1. The van der Waals surface area contributed by atoms with Crippen molar-refractivity contribution in [2.45, 2.75) is 13.0 Å². The summed E-state index contributed by atoms with van der Waals surface area (Å²) in [6.45, 7) is 5.45. The number of aromatic nitrogens is 2. The van der Waals surface area contributed by atoms with Crippen molar-refractivity contribution in [2.24, 2.45) is 0 Å². The molecule has 0 spiro atoms. The lowest BCUT2D eigenvalue weighted by molar-refractivity contribution is -0.384. The van der Waals surface area contributed by atoms with Crippen molar-refractivity contribution in [3.63, 3.8) is 0 Å². The number of hydrogen-bond acceptors (Lipinski definition) is 7. The quantitative estimate of drug-likeness (QED) is 0.457. The van der Waals surface area contributed by atoms with Gasteiger partial charge < -0.3 is 9.32 Å². The highest BCUT2D eigenvalue weighted by Gasteiger charge is 2.26. The fraction of sp³-hybridized carbons (Fsp3) is 0.300. The normalized spacial score (nSPS) is 16.0. The summed E-state index contributed by atoms with van der Waals surface area (Å²) >= 11 is 6.31. The van der Waals surface area contributed by atoms with E-state index in [1.807, 2.05) is 31.2 Å². The molecule has 0 N–H and O–H groups in total. The average Bonchev–Trinajstić information content (AvgIpc) is 3.24. The molecule has 1 aliphatic heterocycles. The minimum absolute atomic E-state index is 0.0253. The van der Waals surface area contributed by atoms with Gasteiger partial charge in [-0.15, -0.1) is 10.2 Å². The van der Waals surface area contributed by atoms with E-state index in [1.165, 1.54) is 12.1 Å². The Kier molecular flexibility index (Phi) is 5.46. The van der Waals surface area contributed by atoms with Gasteiger partial charge >= 0.3 is 0 Å². The van der Waals surface area contributed by atoms with Crippen molar-refractivity contribution in [1.82, 2.24) is 15.1 Å². The van der Waals surface area contributed by atoms with Crippen molar-refractivity contribution in [3.8, 4) is 11.5 Å². The van der Waals surface area contributed by atoms with Gasteiger partial charge in [-0.3, -0.25) is 15.0 Å². The lowest BCUT2D eigenvalue weighted by Crippen LogP contribution is -2.47. The third kappa shape index (κ3) is 4.08. The van der Waals surface area contributed by atoms with Crippen LogP contribution < -0.4 is 4.90 Å². The first-order valence-electron chi connectivity index (χ1n) is 9.34. The topological polar surface area (TPSA) is 88.5 Å². The Balaban J connectivity index is 1.41. The first-order valence-corrected chi connectivity index (χ1v) is 9.72. The van der Waals surface area contributed by atoms with E-state index >= 15 is 0 Å². The van der Waals surface area contributed by atoms with Crippen LogP contribution in [0.25, 0.3) is 11.5 Å². The maximum Gasteiger partial charge on any atom is 0.269 e. The summed E-state index contributed by atoms with van der Waals surface area (Å²) in [5.74, 6) is 0.890. The van der Waals surface area contributed by atoms with Crippen LogP contribution in [-0.4, -0.2) is 46.2 Å². The second-order valence-electron chi connectivity index (χ2n) is 6.90. The van der Waals surface area contributed by atoms with E-state index in [9.17, 15) is 10.1 Å². The van der Waals surface area contributed by atoms with Crippen LogP contribution in [0.2, 0.25) is 5.02 Å². The molecule has 0 amide bonds. The lowest BCUT2D eigenvalue weighted by Gasteiger charge is -2.38. The summed E-state index contributed by atoms with van der Waals surface area (Å²) in [4.78, 5) is 14.9. The molecule has 150 valence electrons. The maximum absolute atomic E-state index is 10.8. The van der Waals surface area contributed by atoms with E-state index < -0.39 is 4.92 Å². The number of halogens is 1. The first-order chi connectivity index (χ1) is 14.0. The zero-order valence-corrected chi connectivity index (χ0v) is 16.6. The van der Waals surface area contributed by atoms with Crippen molar-refractivity contribution in [2.75, 3.05) is 31.1 Å². The Hall–Kier alpha value is -2.97. The highest BCUT2D eigenvalue weighted by atomic mass is 35.5. The van der Waals surface area contributed by atoms with Gasteiger partial charge in [0.2, 0.25) is 11.8 Å². The summed E-state index contributed by atoms with van der Waals surface area (Å²) in [6, 6.07) is 13.9. The fourth-order valence-corrected chi connectivity index (χ4v) is 3.72. The van der Waals surface area contributed by atoms with Gasteiger partial charge in [-0.1, -0.05) is 23.7 Å². The van der Waals surface area contributed by atoms with Crippen LogP contribution in [0.1, 0.15) is 18.9 Å². The summed E-state index contributed by atoms with van der Waals surface area (Å²) in [5.41, 5.74) is 1.74. The number of nitro benzene ring substituents is 1. The van der Waals surface area contributed by atoms with E-state index in [4.69, 9.17) is 16.0 Å². The van der Waals surface area contributed by atoms with Crippen LogP contribution >= 0.6 is 11.6 Å². The van der Waals surface area contributed by atoms with Gasteiger partial charge in [0, 0.05) is 43.9 Å². The van der Waals surface area contributed by atoms with Crippen molar-refractivity contribution >= 4 is 23.0 Å². The first kappa shape index (κ1) is 19.4. The molecule has 3 aromatic rings. The predicted molar refractivity (Wildman–Crippen MR) is 110 cm³/mol. The predicted octanol–water partition coefficient (Wildman–Crippen LogP) is 4.18. The van der Waals surface area contributed by atoms with Gasteiger partial charge in [-0.25, -0.2) is 0 Å². The molecule has 4 rings (SSSR count). The number of piperazine rings is 1. The molecule has 0 unspecified atom stereocenters. The van der Waals surface area contributed by atoms with Gasteiger partial charge in [0.25, 0.3) is 5.69 Å². The fourth-order valence-electron chi connectivity index (χ4n) is 3.46. The Morgan fingerprint density at radius 3 is 2.41 bits per heavy atom. The van der Waals surface area contributed by atoms with E-state index in [-0.39, 0.29) is 11.7 Å². The monoisotopic (exact) mass is 413 g/mol. The van der Waals surface area contributed by atoms with Crippen molar-refractivity contribution in [1.29, 1.82) is 0 Å². The third-order valence-electron chi connectivity index (χ3n) is 5.18. The second-order valence-corrected chi connectivity index (χ2v) is 7.31. The third-order valence-corrected chi connectivity index (χ3v) is 5.50. The van der Waals surface area contributed by atoms with E-state index in [0.29, 0.717) is 17.3 Å². The molecule has 29 heavy (non-hydrogen) atoms. The standard InChI is InChI=1S/C20H20ClN5O3/c1-14(24-10-12-25(13-11-24)18-5-3-2-4-17(18)21)19-22-23-20(29-19)15-6-8-16(9-7-15)26(27)28/h2-9,14H,10-13H2,1H3/t14-/m0/s1. The van der Waals surface area contributed by atoms with Crippen LogP contribution in [0.15, 0.2) is 52.9 Å². The summed E-state index contributed by atoms with van der Waals surface area (Å²) in [5, 5.41) is 19.8. The molecule has 2 heterocycles. The van der Waals surface area contributed by atoms with Gasteiger partial charge in [0.15, 0.2) is 0 Å². The molecule has 9 heteroatoms. The molecule has 1 fully saturated rings. The minimum atomic E-state index is -0.437. The molecule has 1 saturated heterocycles. The zero-order valence-electron chi connectivity index (χ0n) is 15.9. The van der Waals surface area contributed by atoms with Gasteiger partial charge in [0.1, 0.15) is 0 Å². The number of benzene rings is 2. The molecular weight excluding hydrogens is 394 g/mol.